The van der Waals surface area contributed by atoms with Crippen molar-refractivity contribution in [3.8, 4) is 5.75 Å². The Morgan fingerprint density at radius 2 is 1.97 bits per heavy atom. The highest BCUT2D eigenvalue weighted by Gasteiger charge is 2.53. The molecule has 3 N–H and O–H groups in total. The van der Waals surface area contributed by atoms with Crippen molar-refractivity contribution in [1.82, 2.24) is 15.2 Å². The van der Waals surface area contributed by atoms with Gasteiger partial charge in [-0.25, -0.2) is 4.99 Å². The fraction of sp³-hybridized carbons (Fsp3) is 0.517. The Hall–Kier alpha value is -3.42. The highest BCUT2D eigenvalue weighted by atomic mass is 16.5. The van der Waals surface area contributed by atoms with Crippen LogP contribution in [0.4, 0.5) is 0 Å². The zero-order valence-corrected chi connectivity index (χ0v) is 22.1. The molecule has 2 amide bonds. The van der Waals surface area contributed by atoms with E-state index in [4.69, 9.17) is 15.5 Å². The van der Waals surface area contributed by atoms with Crippen LogP contribution in [0.15, 0.2) is 53.8 Å². The van der Waals surface area contributed by atoms with Gasteiger partial charge < -0.3 is 15.8 Å². The lowest BCUT2D eigenvalue weighted by Gasteiger charge is -2.40. The number of pyridine rings is 1. The summed E-state index contributed by atoms with van der Waals surface area (Å²) < 4.78 is 6.13. The van der Waals surface area contributed by atoms with E-state index in [9.17, 15) is 9.59 Å². The first-order chi connectivity index (χ1) is 17.7. The van der Waals surface area contributed by atoms with Crippen LogP contribution in [0.5, 0.6) is 5.75 Å². The minimum absolute atomic E-state index is 0.00664. The van der Waals surface area contributed by atoms with Crippen molar-refractivity contribution in [3.05, 3.63) is 59.9 Å². The molecule has 0 spiro atoms. The number of aromatic nitrogens is 1. The molecule has 3 heterocycles. The molecule has 8 heteroatoms. The minimum Gasteiger partial charge on any atom is -0.487 e. The van der Waals surface area contributed by atoms with Gasteiger partial charge in [-0.3, -0.25) is 19.5 Å². The van der Waals surface area contributed by atoms with Gasteiger partial charge in [-0.15, -0.1) is 0 Å². The summed E-state index contributed by atoms with van der Waals surface area (Å²) in [7, 11) is 0. The monoisotopic (exact) mass is 503 g/mol. The molecular formula is C29H37N5O3. The molecule has 8 nitrogen and oxygen atoms in total. The quantitative estimate of drug-likeness (QED) is 0.586. The van der Waals surface area contributed by atoms with E-state index in [1.807, 2.05) is 64.1 Å². The first-order valence-electron chi connectivity index (χ1n) is 13.3. The number of amides is 2. The average Bonchev–Trinajstić information content (AvgIpc) is 3.66. The molecule has 0 radical (unpaired) electrons. The van der Waals surface area contributed by atoms with Gasteiger partial charge in [-0.1, -0.05) is 38.1 Å². The van der Waals surface area contributed by atoms with Crippen LogP contribution >= 0.6 is 0 Å². The minimum atomic E-state index is -0.458. The van der Waals surface area contributed by atoms with Gasteiger partial charge in [0.05, 0.1) is 24.0 Å². The number of rotatable bonds is 7. The van der Waals surface area contributed by atoms with Gasteiger partial charge in [0.15, 0.2) is 5.96 Å². The van der Waals surface area contributed by atoms with Gasteiger partial charge in [0.1, 0.15) is 11.4 Å². The highest BCUT2D eigenvalue weighted by Crippen LogP contribution is 2.52. The molecule has 4 unspecified atom stereocenters. The normalized spacial score (nSPS) is 26.4. The lowest BCUT2D eigenvalue weighted by atomic mass is 9.87. The second-order valence-corrected chi connectivity index (χ2v) is 11.2. The summed E-state index contributed by atoms with van der Waals surface area (Å²) in [6, 6.07) is 11.2. The molecular weight excluding hydrogens is 466 g/mol. The van der Waals surface area contributed by atoms with E-state index in [0.29, 0.717) is 19.3 Å². The Balaban J connectivity index is 1.40. The van der Waals surface area contributed by atoms with Crippen molar-refractivity contribution in [1.29, 1.82) is 0 Å². The fourth-order valence-electron chi connectivity index (χ4n) is 6.00. The number of aliphatic imine (C=N–C) groups is 1. The standard InChI is InChI=1S/C29H37N5O3/c1-5-29(6-2)16-24(35)34(27(30)33-29)25(18-10-9-13-31-17-18)20-14-21(20)26(36)32-22-15-28(3,4)37-23-12-8-7-11-19(22)23/h7-13,17,20-22,25H,5-6,14-16H2,1-4H3,(H2,30,33)(H,32,36). The molecule has 4 atom stereocenters. The number of para-hydroxylation sites is 1. The predicted molar refractivity (Wildman–Crippen MR) is 142 cm³/mol. The van der Waals surface area contributed by atoms with E-state index in [2.05, 4.69) is 10.3 Å². The Kier molecular flexibility index (Phi) is 6.46. The third kappa shape index (κ3) is 4.81. The maximum atomic E-state index is 13.5. The molecule has 0 saturated heterocycles. The summed E-state index contributed by atoms with van der Waals surface area (Å²) in [5.74, 6) is 0.695. The van der Waals surface area contributed by atoms with Crippen molar-refractivity contribution < 1.29 is 14.3 Å². The molecule has 0 bridgehead atoms. The van der Waals surface area contributed by atoms with Crippen molar-refractivity contribution in [3.63, 3.8) is 0 Å². The van der Waals surface area contributed by atoms with Crippen LogP contribution in [0.25, 0.3) is 0 Å². The third-order valence-corrected chi connectivity index (χ3v) is 8.24. The van der Waals surface area contributed by atoms with Crippen LogP contribution in [-0.2, 0) is 9.59 Å². The second-order valence-electron chi connectivity index (χ2n) is 11.2. The molecule has 1 saturated carbocycles. The van der Waals surface area contributed by atoms with Crippen LogP contribution in [-0.4, -0.2) is 38.8 Å². The van der Waals surface area contributed by atoms with Crippen LogP contribution in [0, 0.1) is 11.8 Å². The van der Waals surface area contributed by atoms with Gasteiger partial charge in [0, 0.05) is 30.3 Å². The Labute approximate surface area is 218 Å². The number of nitrogens with two attached hydrogens (primary N) is 1. The Morgan fingerprint density at radius 3 is 2.65 bits per heavy atom. The van der Waals surface area contributed by atoms with Crippen molar-refractivity contribution in [2.75, 3.05) is 0 Å². The van der Waals surface area contributed by atoms with E-state index in [-0.39, 0.29) is 47.3 Å². The molecule has 196 valence electrons. The third-order valence-electron chi connectivity index (χ3n) is 8.24. The molecule has 1 fully saturated rings. The second kappa shape index (κ2) is 9.47. The number of ether oxygens (including phenoxy) is 1. The van der Waals surface area contributed by atoms with Crippen LogP contribution in [0.2, 0.25) is 0 Å². The fourth-order valence-corrected chi connectivity index (χ4v) is 6.00. The maximum Gasteiger partial charge on any atom is 0.232 e. The summed E-state index contributed by atoms with van der Waals surface area (Å²) in [6.07, 6.45) is 6.63. The number of fused-ring (bicyclic) bond motifs is 1. The van der Waals surface area contributed by atoms with Crippen LogP contribution < -0.4 is 15.8 Å². The number of nitrogens with zero attached hydrogens (tertiary/aromatic N) is 3. The van der Waals surface area contributed by atoms with Gasteiger partial charge in [0.25, 0.3) is 0 Å². The number of hydrogen-bond acceptors (Lipinski definition) is 6. The summed E-state index contributed by atoms with van der Waals surface area (Å²) in [5.41, 5.74) is 7.49. The first-order valence-corrected chi connectivity index (χ1v) is 13.3. The zero-order valence-electron chi connectivity index (χ0n) is 22.1. The summed E-state index contributed by atoms with van der Waals surface area (Å²) >= 11 is 0. The first kappa shape index (κ1) is 25.2. The van der Waals surface area contributed by atoms with Crippen LogP contribution in [0.1, 0.15) is 83.0 Å². The van der Waals surface area contributed by atoms with E-state index in [1.54, 1.807) is 17.3 Å². The van der Waals surface area contributed by atoms with Gasteiger partial charge in [0.2, 0.25) is 11.8 Å². The molecule has 2 aliphatic heterocycles. The topological polar surface area (TPSA) is 110 Å². The lowest BCUT2D eigenvalue weighted by Crippen LogP contribution is -2.53. The zero-order chi connectivity index (χ0) is 26.4. The largest absolute Gasteiger partial charge is 0.487 e. The number of carbonyl (C=O) groups excluding carboxylic acids is 2. The summed E-state index contributed by atoms with van der Waals surface area (Å²) in [5, 5.41) is 3.29. The Bertz CT molecular complexity index is 1210. The molecule has 1 aliphatic carbocycles. The molecule has 1 aromatic carbocycles. The maximum absolute atomic E-state index is 13.5. The van der Waals surface area contributed by atoms with E-state index < -0.39 is 5.54 Å². The molecule has 5 rings (SSSR count). The lowest BCUT2D eigenvalue weighted by molar-refractivity contribution is -0.132. The average molecular weight is 504 g/mol. The number of carbonyl (C=O) groups is 2. The smallest absolute Gasteiger partial charge is 0.232 e. The van der Waals surface area contributed by atoms with E-state index in [1.165, 1.54) is 0 Å². The molecule has 2 aromatic rings. The number of guanidine groups is 1. The van der Waals surface area contributed by atoms with Crippen molar-refractivity contribution in [2.45, 2.75) is 83.0 Å². The van der Waals surface area contributed by atoms with E-state index in [0.717, 1.165) is 29.7 Å². The molecule has 37 heavy (non-hydrogen) atoms. The van der Waals surface area contributed by atoms with Gasteiger partial charge in [-0.2, -0.15) is 0 Å². The predicted octanol–water partition coefficient (Wildman–Crippen LogP) is 4.28. The summed E-state index contributed by atoms with van der Waals surface area (Å²) in [6.45, 7) is 8.16. The number of benzene rings is 1. The van der Waals surface area contributed by atoms with E-state index >= 15 is 0 Å². The number of nitrogens with one attached hydrogen (secondary N) is 1. The SMILES string of the molecule is CCC1(CC)CC(=O)N(C(c2cccnc2)C2CC2C(=O)NC2CC(C)(C)Oc3ccccc32)C(N)=N1. The van der Waals surface area contributed by atoms with Crippen molar-refractivity contribution in [2.24, 2.45) is 22.6 Å². The summed E-state index contributed by atoms with van der Waals surface area (Å²) in [4.78, 5) is 37.8. The van der Waals surface area contributed by atoms with Gasteiger partial charge >= 0.3 is 0 Å². The van der Waals surface area contributed by atoms with Gasteiger partial charge in [-0.05, 0) is 56.7 Å². The van der Waals surface area contributed by atoms with Crippen molar-refractivity contribution >= 4 is 17.8 Å². The molecule has 3 aliphatic rings. The number of hydrogen-bond donors (Lipinski definition) is 2. The highest BCUT2D eigenvalue weighted by molar-refractivity contribution is 5.99. The van der Waals surface area contributed by atoms with Crippen LogP contribution in [0.3, 0.4) is 0 Å². The molecule has 1 aromatic heterocycles. The Morgan fingerprint density at radius 1 is 1.22 bits per heavy atom.